The first kappa shape index (κ1) is 12.9. The maximum atomic E-state index is 5.68. The van der Waals surface area contributed by atoms with Crippen LogP contribution in [0.25, 0.3) is 0 Å². The normalized spacial score (nSPS) is 12.7. The molecule has 0 aliphatic heterocycles. The highest BCUT2D eigenvalue weighted by Crippen LogP contribution is 2.26. The Morgan fingerprint density at radius 1 is 1.27 bits per heavy atom. The van der Waals surface area contributed by atoms with Crippen molar-refractivity contribution in [1.29, 1.82) is 0 Å². The van der Waals surface area contributed by atoms with E-state index < -0.39 is 0 Å². The summed E-state index contributed by atoms with van der Waals surface area (Å²) in [6, 6.07) is 10.5. The summed E-state index contributed by atoms with van der Waals surface area (Å²) < 4.78 is 5.68. The SMILES string of the molecule is CCSCCC(OSC)c1ccccc1. The average Bonchev–Trinajstić information content (AvgIpc) is 2.29. The molecular weight excluding hydrogens is 224 g/mol. The molecule has 0 heterocycles. The highest BCUT2D eigenvalue weighted by molar-refractivity contribution is 7.99. The molecule has 0 bridgehead atoms. The second-order valence-corrected chi connectivity index (χ2v) is 5.07. The van der Waals surface area contributed by atoms with Gasteiger partial charge in [-0.15, -0.1) is 0 Å². The van der Waals surface area contributed by atoms with Gasteiger partial charge in [0.2, 0.25) is 0 Å². The fourth-order valence-corrected chi connectivity index (χ4v) is 2.50. The fourth-order valence-electron chi connectivity index (χ4n) is 1.39. The van der Waals surface area contributed by atoms with E-state index in [9.17, 15) is 0 Å². The van der Waals surface area contributed by atoms with Crippen LogP contribution in [0.15, 0.2) is 30.3 Å². The molecule has 0 radical (unpaired) electrons. The van der Waals surface area contributed by atoms with Gasteiger partial charge in [0.1, 0.15) is 0 Å². The van der Waals surface area contributed by atoms with Crippen molar-refractivity contribution in [1.82, 2.24) is 0 Å². The van der Waals surface area contributed by atoms with Crippen molar-refractivity contribution in [2.75, 3.05) is 17.8 Å². The van der Waals surface area contributed by atoms with Gasteiger partial charge in [0, 0.05) is 6.26 Å². The molecule has 1 aromatic carbocycles. The third-order valence-electron chi connectivity index (χ3n) is 2.11. The summed E-state index contributed by atoms with van der Waals surface area (Å²) in [7, 11) is 0. The van der Waals surface area contributed by atoms with Gasteiger partial charge in [-0.05, 0) is 35.5 Å². The molecule has 0 aliphatic carbocycles. The van der Waals surface area contributed by atoms with Gasteiger partial charge in [-0.25, -0.2) is 0 Å². The molecule has 1 unspecified atom stereocenters. The van der Waals surface area contributed by atoms with Crippen molar-refractivity contribution in [2.45, 2.75) is 19.4 Å². The first-order chi connectivity index (χ1) is 7.38. The maximum absolute atomic E-state index is 5.68. The Balaban J connectivity index is 2.50. The van der Waals surface area contributed by atoms with Gasteiger partial charge in [0.25, 0.3) is 0 Å². The van der Waals surface area contributed by atoms with Crippen LogP contribution in [0.5, 0.6) is 0 Å². The summed E-state index contributed by atoms with van der Waals surface area (Å²) in [6.45, 7) is 2.19. The molecule has 1 aromatic rings. The minimum Gasteiger partial charge on any atom is -0.308 e. The molecule has 3 heteroatoms. The van der Waals surface area contributed by atoms with Crippen LogP contribution >= 0.6 is 23.8 Å². The minimum absolute atomic E-state index is 0.236. The van der Waals surface area contributed by atoms with E-state index >= 15 is 0 Å². The van der Waals surface area contributed by atoms with Crippen LogP contribution in [0.3, 0.4) is 0 Å². The summed E-state index contributed by atoms with van der Waals surface area (Å²) in [4.78, 5) is 0. The molecule has 0 N–H and O–H groups in total. The van der Waals surface area contributed by atoms with Gasteiger partial charge in [-0.3, -0.25) is 0 Å². The van der Waals surface area contributed by atoms with Crippen molar-refractivity contribution in [3.63, 3.8) is 0 Å². The molecule has 0 aromatic heterocycles. The molecule has 0 saturated heterocycles. The topological polar surface area (TPSA) is 9.23 Å². The van der Waals surface area contributed by atoms with E-state index in [1.165, 1.54) is 23.4 Å². The van der Waals surface area contributed by atoms with Crippen LogP contribution in [0, 0.1) is 0 Å². The molecule has 1 rings (SSSR count). The van der Waals surface area contributed by atoms with Crippen LogP contribution in [-0.4, -0.2) is 17.8 Å². The van der Waals surface area contributed by atoms with E-state index in [-0.39, 0.29) is 6.10 Å². The molecule has 0 fully saturated rings. The molecule has 84 valence electrons. The predicted octanol–water partition coefficient (Wildman–Crippen LogP) is 4.17. The third kappa shape index (κ3) is 4.96. The quantitative estimate of drug-likeness (QED) is 0.525. The van der Waals surface area contributed by atoms with E-state index in [0.717, 1.165) is 12.2 Å². The van der Waals surface area contributed by atoms with Gasteiger partial charge in [0.15, 0.2) is 0 Å². The zero-order chi connectivity index (χ0) is 10.9. The van der Waals surface area contributed by atoms with Crippen LogP contribution < -0.4 is 0 Å². The van der Waals surface area contributed by atoms with Gasteiger partial charge < -0.3 is 4.18 Å². The van der Waals surface area contributed by atoms with Crippen LogP contribution in [-0.2, 0) is 4.18 Å². The lowest BCUT2D eigenvalue weighted by atomic mass is 10.1. The Labute approximate surface area is 101 Å². The van der Waals surface area contributed by atoms with Gasteiger partial charge in [-0.1, -0.05) is 37.3 Å². The zero-order valence-corrected chi connectivity index (χ0v) is 10.9. The van der Waals surface area contributed by atoms with Crippen molar-refractivity contribution < 1.29 is 4.18 Å². The maximum Gasteiger partial charge on any atom is 0.0979 e. The molecule has 15 heavy (non-hydrogen) atoms. The monoisotopic (exact) mass is 242 g/mol. The van der Waals surface area contributed by atoms with Crippen LogP contribution in [0.2, 0.25) is 0 Å². The molecular formula is C12H18OS2. The number of thioether (sulfide) groups is 1. The minimum atomic E-state index is 0.236. The van der Waals surface area contributed by atoms with Gasteiger partial charge in [0.05, 0.1) is 6.10 Å². The summed E-state index contributed by atoms with van der Waals surface area (Å²) in [5.74, 6) is 2.34. The first-order valence-electron chi connectivity index (χ1n) is 5.20. The van der Waals surface area contributed by atoms with Gasteiger partial charge in [-0.2, -0.15) is 11.8 Å². The number of hydrogen-bond donors (Lipinski definition) is 0. The van der Waals surface area contributed by atoms with E-state index in [0.29, 0.717) is 0 Å². The zero-order valence-electron chi connectivity index (χ0n) is 9.31. The average molecular weight is 242 g/mol. The summed E-state index contributed by atoms with van der Waals surface area (Å²) in [5.41, 5.74) is 1.28. The Hall–Kier alpha value is -0.120. The van der Waals surface area contributed by atoms with Gasteiger partial charge >= 0.3 is 0 Å². The largest absolute Gasteiger partial charge is 0.308 e. The predicted molar refractivity (Wildman–Crippen MR) is 71.4 cm³/mol. The summed E-state index contributed by atoms with van der Waals surface area (Å²) in [6.07, 6.45) is 3.30. The number of benzene rings is 1. The first-order valence-corrected chi connectivity index (χ1v) is 7.51. The molecule has 0 saturated carbocycles. The smallest absolute Gasteiger partial charge is 0.0979 e. The lowest BCUT2D eigenvalue weighted by Gasteiger charge is -2.15. The molecule has 1 nitrogen and oxygen atoms in total. The Morgan fingerprint density at radius 2 is 2.00 bits per heavy atom. The van der Waals surface area contributed by atoms with E-state index in [4.69, 9.17) is 4.18 Å². The fraction of sp³-hybridized carbons (Fsp3) is 0.500. The Bertz CT molecular complexity index is 251. The van der Waals surface area contributed by atoms with E-state index in [1.807, 2.05) is 24.1 Å². The standard InChI is InChI=1S/C12H18OS2/c1-3-15-10-9-12(13-14-2)11-7-5-4-6-8-11/h4-8,12H,3,9-10H2,1-2H3. The highest BCUT2D eigenvalue weighted by atomic mass is 32.2. The summed E-state index contributed by atoms with van der Waals surface area (Å²) in [5, 5.41) is 0. The van der Waals surface area contributed by atoms with Crippen molar-refractivity contribution >= 4 is 23.8 Å². The van der Waals surface area contributed by atoms with Crippen molar-refractivity contribution in [2.24, 2.45) is 0 Å². The van der Waals surface area contributed by atoms with E-state index in [1.54, 1.807) is 0 Å². The molecule has 0 aliphatic rings. The van der Waals surface area contributed by atoms with Crippen LogP contribution in [0.4, 0.5) is 0 Å². The molecule has 1 atom stereocenters. The Morgan fingerprint density at radius 3 is 2.60 bits per heavy atom. The number of hydrogen-bond acceptors (Lipinski definition) is 3. The molecule has 0 spiro atoms. The second kappa shape index (κ2) is 8.08. The second-order valence-electron chi connectivity index (χ2n) is 3.15. The highest BCUT2D eigenvalue weighted by Gasteiger charge is 2.10. The number of rotatable bonds is 7. The van der Waals surface area contributed by atoms with Crippen molar-refractivity contribution in [3.05, 3.63) is 35.9 Å². The Kier molecular flexibility index (Phi) is 6.98. The van der Waals surface area contributed by atoms with Crippen LogP contribution in [0.1, 0.15) is 25.0 Å². The summed E-state index contributed by atoms with van der Waals surface area (Å²) >= 11 is 3.42. The lowest BCUT2D eigenvalue weighted by Crippen LogP contribution is -2.01. The lowest BCUT2D eigenvalue weighted by molar-refractivity contribution is 0.245. The third-order valence-corrected chi connectivity index (χ3v) is 3.47. The van der Waals surface area contributed by atoms with E-state index in [2.05, 4.69) is 31.2 Å². The van der Waals surface area contributed by atoms with Crippen molar-refractivity contribution in [3.8, 4) is 0 Å². The molecule has 0 amide bonds.